The number of aliphatic hydroxyl groups is 5. The van der Waals surface area contributed by atoms with Crippen LogP contribution >= 0.6 is 0 Å². The van der Waals surface area contributed by atoms with E-state index >= 15 is 0 Å². The molecule has 4 aliphatic rings. The van der Waals surface area contributed by atoms with Gasteiger partial charge in [0.05, 0.1) is 30.9 Å². The summed E-state index contributed by atoms with van der Waals surface area (Å²) in [6.45, 7) is 0.541. The quantitative estimate of drug-likeness (QED) is 0.0853. The van der Waals surface area contributed by atoms with Crippen molar-refractivity contribution in [3.05, 3.63) is 0 Å². The lowest BCUT2D eigenvalue weighted by Gasteiger charge is -2.48. The van der Waals surface area contributed by atoms with Gasteiger partial charge in [0.25, 0.3) is 0 Å². The lowest BCUT2D eigenvalue weighted by Crippen LogP contribution is -2.66. The van der Waals surface area contributed by atoms with Crippen molar-refractivity contribution in [2.75, 3.05) is 26.2 Å². The monoisotopic (exact) mass is 634 g/mol. The van der Waals surface area contributed by atoms with Crippen LogP contribution in [0.1, 0.15) is 44.9 Å². The lowest BCUT2D eigenvalue weighted by molar-refractivity contribution is -0.318. The number of ketones is 1. The maximum absolute atomic E-state index is 12.9. The molecule has 14 atom stereocenters. The zero-order chi connectivity index (χ0) is 32.1. The Kier molecular flexibility index (Phi) is 13.3. The molecule has 0 aromatic heterocycles. The summed E-state index contributed by atoms with van der Waals surface area (Å²) >= 11 is 0. The molecule has 1 unspecified atom stereocenters. The van der Waals surface area contributed by atoms with E-state index in [0.29, 0.717) is 12.5 Å². The Balaban J connectivity index is 1.52. The molecule has 256 valence electrons. The fourth-order valence-corrected chi connectivity index (χ4v) is 6.79. The van der Waals surface area contributed by atoms with E-state index in [1.165, 1.54) is 0 Å². The third kappa shape index (κ3) is 8.50. The van der Waals surface area contributed by atoms with Crippen LogP contribution in [0.3, 0.4) is 0 Å². The molecule has 2 saturated heterocycles. The summed E-state index contributed by atoms with van der Waals surface area (Å²) in [6, 6.07) is -1.95. The maximum atomic E-state index is 12.9. The first-order valence-corrected chi connectivity index (χ1v) is 15.8. The molecule has 2 aliphatic carbocycles. The van der Waals surface area contributed by atoms with Gasteiger partial charge in [-0.15, -0.1) is 0 Å². The van der Waals surface area contributed by atoms with Gasteiger partial charge in [0.1, 0.15) is 36.6 Å². The number of aliphatic hydroxyl groups excluding tert-OH is 5. The van der Waals surface area contributed by atoms with Gasteiger partial charge in [0.2, 0.25) is 0 Å². The summed E-state index contributed by atoms with van der Waals surface area (Å²) in [6.07, 6.45) is -8.10. The van der Waals surface area contributed by atoms with Gasteiger partial charge in [-0.05, 0) is 63.5 Å². The number of nitrogens with two attached hydrogens (primary N) is 5. The van der Waals surface area contributed by atoms with E-state index in [0.717, 1.165) is 32.2 Å². The molecule has 0 aromatic carbocycles. The fraction of sp³-hybridized carbons (Fsp3) is 0.964. The first-order chi connectivity index (χ1) is 21.0. The molecular formula is C28H54N6O10. The lowest BCUT2D eigenvalue weighted by atomic mass is 9.76. The second-order valence-electron chi connectivity index (χ2n) is 13.0. The smallest absolute Gasteiger partial charge is 0.186 e. The van der Waals surface area contributed by atoms with Crippen molar-refractivity contribution in [3.63, 3.8) is 0 Å². The molecule has 44 heavy (non-hydrogen) atoms. The van der Waals surface area contributed by atoms with Gasteiger partial charge in [-0.1, -0.05) is 0 Å². The largest absolute Gasteiger partial charge is 0.394 e. The van der Waals surface area contributed by atoms with E-state index in [4.69, 9.17) is 47.6 Å². The molecule has 2 heterocycles. The normalized spacial score (nSPS) is 45.5. The average Bonchev–Trinajstić information content (AvgIpc) is 2.99. The van der Waals surface area contributed by atoms with Gasteiger partial charge < -0.3 is 78.5 Å². The highest BCUT2D eigenvalue weighted by Gasteiger charge is 2.51. The van der Waals surface area contributed by atoms with Crippen LogP contribution in [0.25, 0.3) is 0 Å². The van der Waals surface area contributed by atoms with E-state index in [2.05, 4.69) is 5.32 Å². The molecule has 2 aliphatic heterocycles. The van der Waals surface area contributed by atoms with Crippen LogP contribution in [0, 0.1) is 11.8 Å². The molecule has 2 saturated carbocycles. The highest BCUT2D eigenvalue weighted by atomic mass is 16.7. The molecule has 0 aromatic rings. The van der Waals surface area contributed by atoms with E-state index in [1.54, 1.807) is 0 Å². The minimum Gasteiger partial charge on any atom is -0.394 e. The van der Waals surface area contributed by atoms with Gasteiger partial charge in [-0.3, -0.25) is 4.79 Å². The van der Waals surface area contributed by atoms with E-state index in [-0.39, 0.29) is 44.0 Å². The van der Waals surface area contributed by atoms with Crippen LogP contribution in [0.4, 0.5) is 0 Å². The minimum atomic E-state index is -1.52. The Hall–Kier alpha value is -0.930. The zero-order valence-electron chi connectivity index (χ0n) is 25.2. The average molecular weight is 635 g/mol. The number of carbonyl (C=O) groups excluding carboxylic acids is 1. The second-order valence-corrected chi connectivity index (χ2v) is 13.0. The van der Waals surface area contributed by atoms with Crippen molar-refractivity contribution in [1.29, 1.82) is 0 Å². The van der Waals surface area contributed by atoms with Crippen molar-refractivity contribution in [3.8, 4) is 0 Å². The predicted octanol–water partition coefficient (Wildman–Crippen LogP) is -4.94. The van der Waals surface area contributed by atoms with Gasteiger partial charge in [-0.25, -0.2) is 0 Å². The third-order valence-electron chi connectivity index (χ3n) is 9.59. The van der Waals surface area contributed by atoms with Crippen molar-refractivity contribution < 1.29 is 49.3 Å². The van der Waals surface area contributed by atoms with E-state index in [9.17, 15) is 30.3 Å². The first kappa shape index (κ1) is 35.9. The van der Waals surface area contributed by atoms with Crippen LogP contribution < -0.4 is 34.0 Å². The molecule has 0 bridgehead atoms. The zero-order valence-corrected chi connectivity index (χ0v) is 25.2. The minimum absolute atomic E-state index is 0.0648. The summed E-state index contributed by atoms with van der Waals surface area (Å²) in [5.74, 6) is -0.757. The van der Waals surface area contributed by atoms with E-state index in [1.807, 2.05) is 0 Å². The summed E-state index contributed by atoms with van der Waals surface area (Å²) in [5, 5.41) is 56.2. The Bertz CT molecular complexity index is 903. The molecule has 0 amide bonds. The number of nitrogens with one attached hydrogen (secondary N) is 1. The topological polar surface area (TPSA) is 297 Å². The molecule has 16 N–H and O–H groups in total. The molecule has 16 nitrogen and oxygen atoms in total. The van der Waals surface area contributed by atoms with Crippen molar-refractivity contribution in [1.82, 2.24) is 5.32 Å². The van der Waals surface area contributed by atoms with Gasteiger partial charge in [0.15, 0.2) is 18.4 Å². The summed E-state index contributed by atoms with van der Waals surface area (Å²) < 4.78 is 24.3. The Morgan fingerprint density at radius 3 is 2.27 bits per heavy atom. The SMILES string of the molecule is NCC[C@H](O)C(=O)C[C@@H]1C[C@H](N)C(O[C@H]2O[C@H](CN)CC[C@H]2NCC2CC(N)C2)[C@H](O)[C@H]1O[C@H]1O[C@H](CO)[C@@H](O)[C@H](N)[C@H]1O. The van der Waals surface area contributed by atoms with Crippen molar-refractivity contribution in [2.24, 2.45) is 40.5 Å². The molecule has 4 rings (SSSR count). The number of hydrogen-bond donors (Lipinski definition) is 11. The number of rotatable bonds is 14. The van der Waals surface area contributed by atoms with Crippen molar-refractivity contribution in [2.45, 2.75) is 131 Å². The first-order valence-electron chi connectivity index (χ1n) is 15.8. The molecule has 0 spiro atoms. The van der Waals surface area contributed by atoms with Gasteiger partial charge >= 0.3 is 0 Å². The van der Waals surface area contributed by atoms with Crippen LogP contribution in [-0.2, 0) is 23.7 Å². The fourth-order valence-electron chi connectivity index (χ4n) is 6.79. The second kappa shape index (κ2) is 16.3. The van der Waals surface area contributed by atoms with Crippen LogP contribution in [-0.4, -0.2) is 143 Å². The van der Waals surface area contributed by atoms with Gasteiger partial charge in [0, 0.05) is 25.0 Å². The standard InChI is InChI=1S/C28H54N6O10/c29-4-3-18(36)19(37)8-13-7-16(32)26(24(40)25(13)43-28-23(39)21(33)22(38)20(11-35)42-28)44-27-17(2-1-15(9-30)41-27)34-10-12-5-14(31)6-12/h12-18,20-28,34-36,38-40H,1-11,29-33H2/t12?,13-,14?,15-,16-,17+,18-,20+,21-,22+,23+,24+,25-,26?,27+,28+/m0/s1. The number of carbonyl (C=O) groups is 1. The van der Waals surface area contributed by atoms with E-state index < -0.39 is 85.7 Å². The van der Waals surface area contributed by atoms with Crippen LogP contribution in [0.15, 0.2) is 0 Å². The summed E-state index contributed by atoms with van der Waals surface area (Å²) in [7, 11) is 0. The van der Waals surface area contributed by atoms with Gasteiger partial charge in [-0.2, -0.15) is 0 Å². The Labute approximate surface area is 257 Å². The highest BCUT2D eigenvalue weighted by Crippen LogP contribution is 2.36. The molecule has 4 fully saturated rings. The van der Waals surface area contributed by atoms with Crippen LogP contribution in [0.2, 0.25) is 0 Å². The van der Waals surface area contributed by atoms with Crippen molar-refractivity contribution >= 4 is 5.78 Å². The number of hydrogen-bond acceptors (Lipinski definition) is 16. The Morgan fingerprint density at radius 2 is 1.64 bits per heavy atom. The summed E-state index contributed by atoms with van der Waals surface area (Å²) in [4.78, 5) is 12.9. The van der Waals surface area contributed by atoms with Crippen LogP contribution in [0.5, 0.6) is 0 Å². The molecular weight excluding hydrogens is 580 g/mol. The molecule has 16 heteroatoms. The number of ether oxygens (including phenoxy) is 4. The third-order valence-corrected chi connectivity index (χ3v) is 9.59. The number of Topliss-reactive ketones (excluding diaryl/α,β-unsaturated/α-hetero) is 1. The summed E-state index contributed by atoms with van der Waals surface area (Å²) in [5.41, 5.74) is 29.9. The molecule has 0 radical (unpaired) electrons. The maximum Gasteiger partial charge on any atom is 0.186 e. The highest BCUT2D eigenvalue weighted by molar-refractivity contribution is 5.83. The Morgan fingerprint density at radius 1 is 0.932 bits per heavy atom. The predicted molar refractivity (Wildman–Crippen MR) is 156 cm³/mol.